The van der Waals surface area contributed by atoms with Crippen molar-refractivity contribution in [2.75, 3.05) is 0 Å². The predicted octanol–water partition coefficient (Wildman–Crippen LogP) is 2.79. The molecule has 3 heteroatoms. The highest BCUT2D eigenvalue weighted by Crippen LogP contribution is 2.24. The van der Waals surface area contributed by atoms with Gasteiger partial charge in [0, 0.05) is 11.8 Å². The monoisotopic (exact) mass is 167 g/mol. The van der Waals surface area contributed by atoms with Crippen molar-refractivity contribution in [3.8, 4) is 0 Å². The van der Waals surface area contributed by atoms with Gasteiger partial charge < -0.3 is 4.42 Å². The molecule has 0 aliphatic carbocycles. The molecule has 0 aliphatic heterocycles. The van der Waals surface area contributed by atoms with Crippen LogP contribution in [0.1, 0.15) is 5.56 Å². The largest absolute Gasteiger partial charge is 0.461 e. The Morgan fingerprint density at radius 3 is 3.09 bits per heavy atom. The third kappa shape index (κ3) is 0.906. The zero-order valence-corrected chi connectivity index (χ0v) is 6.72. The first-order chi connectivity index (χ1) is 5.29. The van der Waals surface area contributed by atoms with Gasteiger partial charge in [0.05, 0.1) is 11.3 Å². The molecular weight excluding hydrogens is 162 g/mol. The van der Waals surface area contributed by atoms with Crippen molar-refractivity contribution in [3.63, 3.8) is 0 Å². The van der Waals surface area contributed by atoms with Crippen LogP contribution in [-0.2, 0) is 0 Å². The van der Waals surface area contributed by atoms with E-state index in [0.29, 0.717) is 10.6 Å². The highest BCUT2D eigenvalue weighted by atomic mass is 35.5. The van der Waals surface area contributed by atoms with Gasteiger partial charge in [0.1, 0.15) is 5.52 Å². The molecule has 0 aliphatic rings. The maximum Gasteiger partial charge on any atom is 0.171 e. The number of fused-ring (bicyclic) bond motifs is 1. The molecule has 0 saturated heterocycles. The number of nitrogens with zero attached hydrogens (tertiary/aromatic N) is 1. The Hall–Kier alpha value is -1.02. The summed E-state index contributed by atoms with van der Waals surface area (Å²) >= 11 is 5.84. The molecule has 0 bridgehead atoms. The maximum atomic E-state index is 5.84. The van der Waals surface area contributed by atoms with Gasteiger partial charge >= 0.3 is 0 Å². The first kappa shape index (κ1) is 6.68. The summed E-state index contributed by atoms with van der Waals surface area (Å²) in [6.45, 7) is 1.94. The fraction of sp³-hybridized carbons (Fsp3) is 0.125. The van der Waals surface area contributed by atoms with Crippen molar-refractivity contribution in [2.45, 2.75) is 6.92 Å². The number of hydrogen-bond acceptors (Lipinski definition) is 2. The number of halogens is 1. The van der Waals surface area contributed by atoms with Gasteiger partial charge in [-0.25, -0.2) is 0 Å². The van der Waals surface area contributed by atoms with Crippen LogP contribution in [0, 0.1) is 6.92 Å². The second kappa shape index (κ2) is 2.24. The average Bonchev–Trinajstić information content (AvgIpc) is 2.35. The van der Waals surface area contributed by atoms with E-state index in [1.807, 2.05) is 6.92 Å². The van der Waals surface area contributed by atoms with Gasteiger partial charge in [-0.1, -0.05) is 11.6 Å². The van der Waals surface area contributed by atoms with Gasteiger partial charge in [0.15, 0.2) is 5.58 Å². The molecule has 0 saturated carbocycles. The van der Waals surface area contributed by atoms with E-state index in [2.05, 4.69) is 4.98 Å². The van der Waals surface area contributed by atoms with Gasteiger partial charge in [-0.3, -0.25) is 4.98 Å². The van der Waals surface area contributed by atoms with E-state index in [1.54, 1.807) is 18.5 Å². The first-order valence-electron chi connectivity index (χ1n) is 3.27. The van der Waals surface area contributed by atoms with Gasteiger partial charge in [-0.2, -0.15) is 0 Å². The third-order valence-electron chi connectivity index (χ3n) is 1.58. The summed E-state index contributed by atoms with van der Waals surface area (Å²) in [4.78, 5) is 4.12. The molecule has 2 aromatic rings. The predicted molar refractivity (Wildman–Crippen MR) is 43.8 cm³/mol. The number of hydrogen-bond donors (Lipinski definition) is 0. The second-order valence-electron chi connectivity index (χ2n) is 2.39. The lowest BCUT2D eigenvalue weighted by Gasteiger charge is -1.89. The Kier molecular flexibility index (Phi) is 1.36. The molecule has 0 unspecified atom stereocenters. The molecule has 2 heterocycles. The number of pyridine rings is 1. The minimum atomic E-state index is 0.614. The Balaban J connectivity index is 2.94. The number of rotatable bonds is 0. The SMILES string of the molecule is Cc1coc2c(Cl)ccnc12. The molecule has 0 fully saturated rings. The minimum absolute atomic E-state index is 0.614. The topological polar surface area (TPSA) is 26.0 Å². The van der Waals surface area contributed by atoms with Crippen molar-refractivity contribution in [2.24, 2.45) is 0 Å². The second-order valence-corrected chi connectivity index (χ2v) is 2.80. The lowest BCUT2D eigenvalue weighted by Crippen LogP contribution is -1.74. The standard InChI is InChI=1S/C8H6ClNO/c1-5-4-11-8-6(9)2-3-10-7(5)8/h2-4H,1H3. The fourth-order valence-electron chi connectivity index (χ4n) is 1.02. The van der Waals surface area contributed by atoms with Crippen molar-refractivity contribution >= 4 is 22.7 Å². The molecule has 2 nitrogen and oxygen atoms in total. The van der Waals surface area contributed by atoms with E-state index < -0.39 is 0 Å². The summed E-state index contributed by atoms with van der Waals surface area (Å²) in [7, 11) is 0. The highest BCUT2D eigenvalue weighted by molar-refractivity contribution is 6.34. The maximum absolute atomic E-state index is 5.84. The van der Waals surface area contributed by atoms with E-state index in [1.165, 1.54) is 0 Å². The normalized spacial score (nSPS) is 10.7. The fourth-order valence-corrected chi connectivity index (χ4v) is 1.21. The van der Waals surface area contributed by atoms with Gasteiger partial charge in [0.25, 0.3) is 0 Å². The van der Waals surface area contributed by atoms with E-state index in [0.717, 1.165) is 11.1 Å². The lowest BCUT2D eigenvalue weighted by molar-refractivity contribution is 0.613. The Bertz CT molecular complexity index is 394. The zero-order valence-electron chi connectivity index (χ0n) is 5.97. The summed E-state index contributed by atoms with van der Waals surface area (Å²) in [5, 5.41) is 0.614. The molecule has 0 spiro atoms. The molecular formula is C8H6ClNO. The molecule has 0 atom stereocenters. The van der Waals surface area contributed by atoms with Crippen LogP contribution in [0.4, 0.5) is 0 Å². The van der Waals surface area contributed by atoms with Gasteiger partial charge in [0.2, 0.25) is 0 Å². The zero-order chi connectivity index (χ0) is 7.84. The van der Waals surface area contributed by atoms with E-state index >= 15 is 0 Å². The van der Waals surface area contributed by atoms with Crippen molar-refractivity contribution in [1.82, 2.24) is 4.98 Å². The van der Waals surface area contributed by atoms with Crippen LogP contribution in [0.5, 0.6) is 0 Å². The van der Waals surface area contributed by atoms with E-state index in [9.17, 15) is 0 Å². The molecule has 2 rings (SSSR count). The summed E-state index contributed by atoms with van der Waals surface area (Å²) in [5.41, 5.74) is 2.53. The van der Waals surface area contributed by atoms with Crippen molar-refractivity contribution in [1.29, 1.82) is 0 Å². The van der Waals surface area contributed by atoms with E-state index in [-0.39, 0.29) is 0 Å². The van der Waals surface area contributed by atoms with Crippen molar-refractivity contribution in [3.05, 3.63) is 29.1 Å². The summed E-state index contributed by atoms with van der Waals surface area (Å²) < 4.78 is 5.18. The van der Waals surface area contributed by atoms with Crippen LogP contribution in [0.15, 0.2) is 22.9 Å². The summed E-state index contributed by atoms with van der Waals surface area (Å²) in [6.07, 6.45) is 3.33. The Morgan fingerprint density at radius 1 is 1.55 bits per heavy atom. The minimum Gasteiger partial charge on any atom is -0.461 e. The highest BCUT2D eigenvalue weighted by Gasteiger charge is 2.05. The van der Waals surface area contributed by atoms with Crippen LogP contribution < -0.4 is 0 Å². The van der Waals surface area contributed by atoms with Crippen LogP contribution in [0.3, 0.4) is 0 Å². The lowest BCUT2D eigenvalue weighted by atomic mass is 10.3. The quantitative estimate of drug-likeness (QED) is 0.603. The van der Waals surface area contributed by atoms with Crippen LogP contribution in [-0.4, -0.2) is 4.98 Å². The third-order valence-corrected chi connectivity index (χ3v) is 1.88. The molecule has 0 N–H and O–H groups in total. The molecule has 0 aromatic carbocycles. The van der Waals surface area contributed by atoms with Gasteiger partial charge in [-0.15, -0.1) is 0 Å². The molecule has 0 radical (unpaired) electrons. The van der Waals surface area contributed by atoms with Crippen LogP contribution in [0.2, 0.25) is 5.02 Å². The van der Waals surface area contributed by atoms with E-state index in [4.69, 9.17) is 16.0 Å². The molecule has 11 heavy (non-hydrogen) atoms. The first-order valence-corrected chi connectivity index (χ1v) is 3.65. The number of aromatic nitrogens is 1. The number of aryl methyl sites for hydroxylation is 1. The summed E-state index contributed by atoms with van der Waals surface area (Å²) in [5.74, 6) is 0. The smallest absolute Gasteiger partial charge is 0.171 e. The molecule has 2 aromatic heterocycles. The van der Waals surface area contributed by atoms with Crippen LogP contribution >= 0.6 is 11.6 Å². The summed E-state index contributed by atoms with van der Waals surface area (Å²) in [6, 6.07) is 1.72. The Labute approximate surface area is 68.8 Å². The molecule has 56 valence electrons. The number of furan rings is 1. The van der Waals surface area contributed by atoms with Gasteiger partial charge in [-0.05, 0) is 13.0 Å². The van der Waals surface area contributed by atoms with Crippen LogP contribution in [0.25, 0.3) is 11.1 Å². The Morgan fingerprint density at radius 2 is 2.36 bits per heavy atom. The molecule has 0 amide bonds. The average molecular weight is 168 g/mol. The van der Waals surface area contributed by atoms with Crippen molar-refractivity contribution < 1.29 is 4.42 Å².